The fourth-order valence-corrected chi connectivity index (χ4v) is 5.77. The molecule has 7 heteroatoms. The van der Waals surface area contributed by atoms with Crippen molar-refractivity contribution in [3.05, 3.63) is 36.0 Å². The molecule has 0 bridgehead atoms. The quantitative estimate of drug-likeness (QED) is 0.635. The van der Waals surface area contributed by atoms with E-state index in [0.717, 1.165) is 50.5 Å². The lowest BCUT2D eigenvalue weighted by Crippen LogP contribution is -2.48. The number of H-pyrrole nitrogens is 1. The molecule has 7 nitrogen and oxygen atoms in total. The fourth-order valence-electron chi connectivity index (χ4n) is 5.77. The summed E-state index contributed by atoms with van der Waals surface area (Å²) in [4.78, 5) is 44.6. The van der Waals surface area contributed by atoms with E-state index in [2.05, 4.69) is 27.8 Å². The number of amides is 3. The van der Waals surface area contributed by atoms with Gasteiger partial charge in [-0.3, -0.25) is 14.4 Å². The van der Waals surface area contributed by atoms with E-state index in [1.165, 1.54) is 10.9 Å². The van der Waals surface area contributed by atoms with Gasteiger partial charge in [-0.15, -0.1) is 0 Å². The van der Waals surface area contributed by atoms with Crippen LogP contribution in [0.4, 0.5) is 0 Å². The van der Waals surface area contributed by atoms with Crippen molar-refractivity contribution in [2.24, 2.45) is 17.8 Å². The molecule has 0 spiro atoms. The predicted molar refractivity (Wildman–Crippen MR) is 131 cm³/mol. The molecule has 2 heterocycles. The normalized spacial score (nSPS) is 25.9. The van der Waals surface area contributed by atoms with Gasteiger partial charge in [-0.2, -0.15) is 0 Å². The Morgan fingerprint density at radius 3 is 2.71 bits per heavy atom. The summed E-state index contributed by atoms with van der Waals surface area (Å²) < 4.78 is 0. The molecule has 1 aromatic heterocycles. The van der Waals surface area contributed by atoms with E-state index in [4.69, 9.17) is 0 Å². The first-order valence-electron chi connectivity index (χ1n) is 13.0. The number of carbonyl (C=O) groups excluding carboxylic acids is 3. The summed E-state index contributed by atoms with van der Waals surface area (Å²) in [6.07, 6.45) is 9.85. The number of rotatable bonds is 5. The summed E-state index contributed by atoms with van der Waals surface area (Å²) in [5.41, 5.74) is 2.29. The molecule has 5 rings (SSSR count). The van der Waals surface area contributed by atoms with Crippen molar-refractivity contribution in [2.45, 2.75) is 63.8 Å². The molecule has 2 aliphatic carbocycles. The number of hydrogen-bond acceptors (Lipinski definition) is 3. The van der Waals surface area contributed by atoms with Crippen LogP contribution in [0, 0.1) is 17.8 Å². The molecule has 34 heavy (non-hydrogen) atoms. The van der Waals surface area contributed by atoms with Gasteiger partial charge in [-0.05, 0) is 56.6 Å². The Labute approximate surface area is 201 Å². The minimum atomic E-state index is -0.301. The van der Waals surface area contributed by atoms with Crippen LogP contribution in [-0.4, -0.2) is 53.3 Å². The lowest BCUT2D eigenvalue weighted by atomic mass is 9.99. The van der Waals surface area contributed by atoms with Crippen molar-refractivity contribution in [3.8, 4) is 0 Å². The van der Waals surface area contributed by atoms with Crippen LogP contribution in [0.3, 0.4) is 0 Å². The van der Waals surface area contributed by atoms with Crippen LogP contribution >= 0.6 is 0 Å². The predicted octanol–water partition coefficient (Wildman–Crippen LogP) is 3.15. The second kappa shape index (κ2) is 10.2. The Balaban J connectivity index is 1.24. The molecule has 182 valence electrons. The molecule has 3 aliphatic rings. The van der Waals surface area contributed by atoms with Gasteiger partial charge in [0.1, 0.15) is 0 Å². The molecule has 1 aromatic carbocycles. The number of aromatic amines is 1. The Morgan fingerprint density at radius 1 is 1.03 bits per heavy atom. The standard InChI is InChI=1S/C27H36N4O3/c32-25(29-13-11-19-17-30-23-8-4-3-7-21(19)23)20-15-22-24(16-20)31(27(34)18-9-10-18)14-6-2-1-5-12-28-26(22)33/h3-4,7-8,17-18,20,22,24,30H,1-2,5-6,9-16H2,(H,28,33)(H,29,32)/t20-,22-,24+/m1/s1. The van der Waals surface area contributed by atoms with Gasteiger partial charge < -0.3 is 20.5 Å². The number of aromatic nitrogens is 1. The van der Waals surface area contributed by atoms with E-state index in [1.54, 1.807) is 0 Å². The molecule has 3 amide bonds. The molecular weight excluding hydrogens is 428 g/mol. The summed E-state index contributed by atoms with van der Waals surface area (Å²) >= 11 is 0. The molecule has 1 aliphatic heterocycles. The largest absolute Gasteiger partial charge is 0.361 e. The molecule has 3 fully saturated rings. The smallest absolute Gasteiger partial charge is 0.225 e. The third kappa shape index (κ3) is 4.98. The first kappa shape index (κ1) is 22.9. The lowest BCUT2D eigenvalue weighted by molar-refractivity contribution is -0.138. The Hall–Kier alpha value is -2.83. The van der Waals surface area contributed by atoms with Gasteiger partial charge in [0.25, 0.3) is 0 Å². The highest BCUT2D eigenvalue weighted by Gasteiger charge is 2.47. The number of nitrogens with zero attached hydrogens (tertiary/aromatic N) is 1. The van der Waals surface area contributed by atoms with Gasteiger partial charge in [0, 0.05) is 54.6 Å². The molecule has 0 unspecified atom stereocenters. The van der Waals surface area contributed by atoms with E-state index in [1.807, 2.05) is 23.2 Å². The second-order valence-corrected chi connectivity index (χ2v) is 10.3. The topological polar surface area (TPSA) is 94.3 Å². The summed E-state index contributed by atoms with van der Waals surface area (Å²) in [5, 5.41) is 7.38. The lowest BCUT2D eigenvalue weighted by Gasteiger charge is -2.33. The SMILES string of the molecule is O=C(NCCc1c[nH]c2ccccc12)[C@@H]1C[C@H]2C(=O)NCCCCCCN(C(=O)C3CC3)[C@H]2C1. The average Bonchev–Trinajstić information content (AvgIpc) is 3.48. The third-order valence-electron chi connectivity index (χ3n) is 7.84. The van der Waals surface area contributed by atoms with Crippen LogP contribution in [0.1, 0.15) is 56.9 Å². The zero-order chi connectivity index (χ0) is 23.5. The van der Waals surface area contributed by atoms with E-state index in [0.29, 0.717) is 32.5 Å². The van der Waals surface area contributed by atoms with Crippen LogP contribution in [0.25, 0.3) is 10.9 Å². The molecule has 3 N–H and O–H groups in total. The molecule has 2 aromatic rings. The molecule has 0 radical (unpaired) electrons. The molecule has 1 saturated heterocycles. The Morgan fingerprint density at radius 2 is 1.85 bits per heavy atom. The monoisotopic (exact) mass is 464 g/mol. The second-order valence-electron chi connectivity index (χ2n) is 10.3. The summed E-state index contributed by atoms with van der Waals surface area (Å²) in [7, 11) is 0. The first-order chi connectivity index (χ1) is 16.6. The summed E-state index contributed by atoms with van der Waals surface area (Å²) in [5.74, 6) is -0.202. The van der Waals surface area contributed by atoms with E-state index in [9.17, 15) is 14.4 Å². The third-order valence-corrected chi connectivity index (χ3v) is 7.84. The maximum Gasteiger partial charge on any atom is 0.225 e. The van der Waals surface area contributed by atoms with E-state index in [-0.39, 0.29) is 41.5 Å². The highest BCUT2D eigenvalue weighted by atomic mass is 16.2. The first-order valence-corrected chi connectivity index (χ1v) is 13.0. The van der Waals surface area contributed by atoms with Crippen LogP contribution in [0.2, 0.25) is 0 Å². The highest BCUT2D eigenvalue weighted by molar-refractivity contribution is 5.87. The van der Waals surface area contributed by atoms with Crippen molar-refractivity contribution in [1.82, 2.24) is 20.5 Å². The van der Waals surface area contributed by atoms with Crippen molar-refractivity contribution >= 4 is 28.6 Å². The average molecular weight is 465 g/mol. The maximum absolute atomic E-state index is 13.1. The Bertz CT molecular complexity index is 1040. The number of fused-ring (bicyclic) bond motifs is 2. The van der Waals surface area contributed by atoms with Crippen molar-refractivity contribution in [3.63, 3.8) is 0 Å². The van der Waals surface area contributed by atoms with Gasteiger partial charge in [-0.25, -0.2) is 0 Å². The maximum atomic E-state index is 13.1. The minimum absolute atomic E-state index is 0.00561. The van der Waals surface area contributed by atoms with Gasteiger partial charge in [0.2, 0.25) is 17.7 Å². The van der Waals surface area contributed by atoms with Crippen LogP contribution in [0.5, 0.6) is 0 Å². The van der Waals surface area contributed by atoms with Gasteiger partial charge >= 0.3 is 0 Å². The number of nitrogens with one attached hydrogen (secondary N) is 3. The molecule has 3 atom stereocenters. The fraction of sp³-hybridized carbons (Fsp3) is 0.593. The summed E-state index contributed by atoms with van der Waals surface area (Å²) in [6, 6.07) is 8.00. The van der Waals surface area contributed by atoms with Crippen LogP contribution < -0.4 is 10.6 Å². The van der Waals surface area contributed by atoms with Crippen LogP contribution in [-0.2, 0) is 20.8 Å². The van der Waals surface area contributed by atoms with Crippen molar-refractivity contribution in [2.75, 3.05) is 19.6 Å². The van der Waals surface area contributed by atoms with Gasteiger partial charge in [0.15, 0.2) is 0 Å². The number of benzene rings is 1. The Kier molecular flexibility index (Phi) is 6.88. The minimum Gasteiger partial charge on any atom is -0.361 e. The zero-order valence-electron chi connectivity index (χ0n) is 19.9. The van der Waals surface area contributed by atoms with E-state index < -0.39 is 0 Å². The van der Waals surface area contributed by atoms with Crippen molar-refractivity contribution < 1.29 is 14.4 Å². The van der Waals surface area contributed by atoms with E-state index >= 15 is 0 Å². The molecular formula is C27H36N4O3. The van der Waals surface area contributed by atoms with Gasteiger partial charge in [0.05, 0.1) is 5.92 Å². The zero-order valence-corrected chi connectivity index (χ0v) is 19.9. The van der Waals surface area contributed by atoms with Crippen LogP contribution in [0.15, 0.2) is 30.5 Å². The number of hydrogen-bond donors (Lipinski definition) is 3. The van der Waals surface area contributed by atoms with Crippen molar-refractivity contribution in [1.29, 1.82) is 0 Å². The summed E-state index contributed by atoms with van der Waals surface area (Å²) in [6.45, 7) is 1.95. The highest BCUT2D eigenvalue weighted by Crippen LogP contribution is 2.39. The number of para-hydroxylation sites is 1. The number of carbonyl (C=O) groups is 3. The van der Waals surface area contributed by atoms with Gasteiger partial charge in [-0.1, -0.05) is 31.0 Å². The molecule has 2 saturated carbocycles.